The molecule has 0 spiro atoms. The van der Waals surface area contributed by atoms with Gasteiger partial charge in [0.25, 0.3) is 0 Å². The third-order valence-electron chi connectivity index (χ3n) is 2.68. The summed E-state index contributed by atoms with van der Waals surface area (Å²) in [4.78, 5) is 8.41. The fourth-order valence-corrected chi connectivity index (χ4v) is 1.89. The molecule has 0 bridgehead atoms. The minimum absolute atomic E-state index is 0.445. The van der Waals surface area contributed by atoms with Crippen LogP contribution in [0.1, 0.15) is 25.6 Å². The van der Waals surface area contributed by atoms with E-state index in [1.54, 1.807) is 6.07 Å². The van der Waals surface area contributed by atoms with Crippen LogP contribution < -0.4 is 14.8 Å². The SMILES string of the molecule is CCOc1cc(OCC2CCCN2)nc(C)n1. The minimum Gasteiger partial charge on any atom is -0.478 e. The first-order chi connectivity index (χ1) is 8.28. The molecule has 1 aliphatic heterocycles. The van der Waals surface area contributed by atoms with Crippen molar-refractivity contribution in [3.63, 3.8) is 0 Å². The summed E-state index contributed by atoms with van der Waals surface area (Å²) in [5.41, 5.74) is 0. The van der Waals surface area contributed by atoms with Gasteiger partial charge in [0, 0.05) is 6.04 Å². The van der Waals surface area contributed by atoms with Gasteiger partial charge in [-0.2, -0.15) is 9.97 Å². The Bertz CT molecular complexity index is 365. The molecule has 0 saturated carbocycles. The zero-order valence-electron chi connectivity index (χ0n) is 10.4. The van der Waals surface area contributed by atoms with Crippen LogP contribution in [-0.2, 0) is 0 Å². The molecule has 1 aliphatic rings. The van der Waals surface area contributed by atoms with Gasteiger partial charge < -0.3 is 14.8 Å². The second-order valence-corrected chi connectivity index (χ2v) is 4.13. The van der Waals surface area contributed by atoms with Crippen LogP contribution in [0, 0.1) is 6.92 Å². The lowest BCUT2D eigenvalue weighted by molar-refractivity contribution is 0.261. The van der Waals surface area contributed by atoms with Crippen molar-refractivity contribution in [1.29, 1.82) is 0 Å². The highest BCUT2D eigenvalue weighted by Crippen LogP contribution is 2.16. The van der Waals surface area contributed by atoms with Gasteiger partial charge >= 0.3 is 0 Å². The van der Waals surface area contributed by atoms with E-state index in [0.29, 0.717) is 36.8 Å². The molecule has 1 fully saturated rings. The van der Waals surface area contributed by atoms with E-state index in [-0.39, 0.29) is 0 Å². The Morgan fingerprint density at radius 2 is 2.12 bits per heavy atom. The van der Waals surface area contributed by atoms with Crippen molar-refractivity contribution in [2.75, 3.05) is 19.8 Å². The van der Waals surface area contributed by atoms with E-state index in [1.807, 2.05) is 13.8 Å². The molecule has 1 N–H and O–H groups in total. The van der Waals surface area contributed by atoms with E-state index in [0.717, 1.165) is 6.54 Å². The standard InChI is InChI=1S/C12H19N3O2/c1-3-16-11-7-12(15-9(2)14-11)17-8-10-5-4-6-13-10/h7,10,13H,3-6,8H2,1-2H3. The van der Waals surface area contributed by atoms with E-state index < -0.39 is 0 Å². The van der Waals surface area contributed by atoms with Gasteiger partial charge in [0.05, 0.1) is 12.7 Å². The number of aromatic nitrogens is 2. The summed E-state index contributed by atoms with van der Waals surface area (Å²) < 4.78 is 11.0. The molecule has 0 radical (unpaired) electrons. The van der Waals surface area contributed by atoms with E-state index in [4.69, 9.17) is 9.47 Å². The number of rotatable bonds is 5. The minimum atomic E-state index is 0.445. The molecule has 5 heteroatoms. The Labute approximate surface area is 102 Å². The molecule has 17 heavy (non-hydrogen) atoms. The van der Waals surface area contributed by atoms with Crippen molar-refractivity contribution in [3.8, 4) is 11.8 Å². The van der Waals surface area contributed by atoms with Gasteiger partial charge in [-0.3, -0.25) is 0 Å². The molecule has 2 rings (SSSR count). The Balaban J connectivity index is 1.94. The summed E-state index contributed by atoms with van der Waals surface area (Å²) in [6.45, 7) is 6.10. The molecule has 0 amide bonds. The maximum Gasteiger partial charge on any atom is 0.220 e. The Morgan fingerprint density at radius 3 is 2.76 bits per heavy atom. The molecule has 0 aliphatic carbocycles. The van der Waals surface area contributed by atoms with E-state index in [2.05, 4.69) is 15.3 Å². The van der Waals surface area contributed by atoms with Crippen LogP contribution in [0.15, 0.2) is 6.07 Å². The lowest BCUT2D eigenvalue weighted by atomic mass is 10.2. The van der Waals surface area contributed by atoms with Gasteiger partial charge in [-0.15, -0.1) is 0 Å². The summed E-state index contributed by atoms with van der Waals surface area (Å²) >= 11 is 0. The molecular formula is C12H19N3O2. The fourth-order valence-electron chi connectivity index (χ4n) is 1.89. The number of nitrogens with zero attached hydrogens (tertiary/aromatic N) is 2. The van der Waals surface area contributed by atoms with E-state index in [1.165, 1.54) is 12.8 Å². The molecule has 1 aromatic heterocycles. The smallest absolute Gasteiger partial charge is 0.220 e. The van der Waals surface area contributed by atoms with Gasteiger partial charge in [0.15, 0.2) is 0 Å². The third kappa shape index (κ3) is 3.56. The summed E-state index contributed by atoms with van der Waals surface area (Å²) in [6, 6.07) is 2.19. The first-order valence-electron chi connectivity index (χ1n) is 6.12. The van der Waals surface area contributed by atoms with E-state index >= 15 is 0 Å². The molecular weight excluding hydrogens is 218 g/mol. The topological polar surface area (TPSA) is 56.3 Å². The molecule has 94 valence electrons. The van der Waals surface area contributed by atoms with Crippen LogP contribution in [0.5, 0.6) is 11.8 Å². The summed E-state index contributed by atoms with van der Waals surface area (Å²) in [7, 11) is 0. The average Bonchev–Trinajstić information content (AvgIpc) is 2.79. The molecule has 5 nitrogen and oxygen atoms in total. The zero-order valence-corrected chi connectivity index (χ0v) is 10.4. The quantitative estimate of drug-likeness (QED) is 0.837. The van der Waals surface area contributed by atoms with Gasteiger partial charge in [0.1, 0.15) is 12.4 Å². The lowest BCUT2D eigenvalue weighted by Crippen LogP contribution is -2.28. The number of aryl methyl sites for hydroxylation is 1. The lowest BCUT2D eigenvalue weighted by Gasteiger charge is -2.12. The molecule has 0 aromatic carbocycles. The van der Waals surface area contributed by atoms with Crippen LogP contribution >= 0.6 is 0 Å². The van der Waals surface area contributed by atoms with Crippen LogP contribution in [0.25, 0.3) is 0 Å². The number of ether oxygens (including phenoxy) is 2. The van der Waals surface area contributed by atoms with Gasteiger partial charge in [0.2, 0.25) is 11.8 Å². The van der Waals surface area contributed by atoms with Crippen molar-refractivity contribution in [2.45, 2.75) is 32.7 Å². The second-order valence-electron chi connectivity index (χ2n) is 4.13. The number of hydrogen-bond acceptors (Lipinski definition) is 5. The average molecular weight is 237 g/mol. The van der Waals surface area contributed by atoms with Gasteiger partial charge in [-0.05, 0) is 33.2 Å². The maximum absolute atomic E-state index is 5.66. The molecule has 1 saturated heterocycles. The molecule has 1 unspecified atom stereocenters. The summed E-state index contributed by atoms with van der Waals surface area (Å²) in [5.74, 6) is 1.84. The van der Waals surface area contributed by atoms with Gasteiger partial charge in [-0.25, -0.2) is 0 Å². The zero-order chi connectivity index (χ0) is 12.1. The fraction of sp³-hybridized carbons (Fsp3) is 0.667. The largest absolute Gasteiger partial charge is 0.478 e. The predicted octanol–water partition coefficient (Wildman–Crippen LogP) is 1.31. The maximum atomic E-state index is 5.66. The van der Waals surface area contributed by atoms with E-state index in [9.17, 15) is 0 Å². The molecule has 1 aromatic rings. The molecule has 1 atom stereocenters. The van der Waals surface area contributed by atoms with Crippen LogP contribution in [0.4, 0.5) is 0 Å². The number of hydrogen-bond donors (Lipinski definition) is 1. The molecule has 2 heterocycles. The van der Waals surface area contributed by atoms with Crippen molar-refractivity contribution in [1.82, 2.24) is 15.3 Å². The first-order valence-corrected chi connectivity index (χ1v) is 6.12. The first kappa shape index (κ1) is 12.1. The summed E-state index contributed by atoms with van der Waals surface area (Å²) in [5, 5.41) is 3.38. The number of nitrogens with one attached hydrogen (secondary N) is 1. The highest BCUT2D eigenvalue weighted by Gasteiger charge is 2.15. The second kappa shape index (κ2) is 5.82. The monoisotopic (exact) mass is 237 g/mol. The van der Waals surface area contributed by atoms with Crippen LogP contribution in [0.2, 0.25) is 0 Å². The Hall–Kier alpha value is -1.36. The highest BCUT2D eigenvalue weighted by molar-refractivity contribution is 5.20. The van der Waals surface area contributed by atoms with Crippen LogP contribution in [-0.4, -0.2) is 35.8 Å². The van der Waals surface area contributed by atoms with Crippen molar-refractivity contribution >= 4 is 0 Å². The Kier molecular flexibility index (Phi) is 4.14. The third-order valence-corrected chi connectivity index (χ3v) is 2.68. The Morgan fingerprint density at radius 1 is 1.35 bits per heavy atom. The van der Waals surface area contributed by atoms with Crippen molar-refractivity contribution in [2.24, 2.45) is 0 Å². The summed E-state index contributed by atoms with van der Waals surface area (Å²) in [6.07, 6.45) is 2.39. The van der Waals surface area contributed by atoms with Crippen LogP contribution in [0.3, 0.4) is 0 Å². The van der Waals surface area contributed by atoms with Crippen molar-refractivity contribution < 1.29 is 9.47 Å². The van der Waals surface area contributed by atoms with Gasteiger partial charge in [-0.1, -0.05) is 0 Å². The predicted molar refractivity (Wildman–Crippen MR) is 64.5 cm³/mol. The highest BCUT2D eigenvalue weighted by atomic mass is 16.5. The normalized spacial score (nSPS) is 19.3. The van der Waals surface area contributed by atoms with Crippen molar-refractivity contribution in [3.05, 3.63) is 11.9 Å².